The number of ether oxygens (including phenoxy) is 2. The van der Waals surface area contributed by atoms with Crippen molar-refractivity contribution in [1.82, 2.24) is 9.88 Å². The van der Waals surface area contributed by atoms with Gasteiger partial charge in [-0.1, -0.05) is 17.9 Å². The van der Waals surface area contributed by atoms with Crippen LogP contribution in [0.25, 0.3) is 5.76 Å². The Bertz CT molecular complexity index is 1210. The molecule has 0 radical (unpaired) electrons. The molecule has 1 atom stereocenters. The number of carbonyl (C=O) groups excluding carboxylic acids is 3. The Hall–Kier alpha value is -3.50. The zero-order valence-electron chi connectivity index (χ0n) is 21.3. The molecule has 2 aliphatic rings. The number of nitrogens with one attached hydrogen (secondary N) is 2. The highest BCUT2D eigenvalue weighted by molar-refractivity contribution is 6.46. The SMILES string of the molecule is CCOC(=O)c1[nH]c(C)c(/C([O-])=C2\C(=O)C(=O)N(CCC[NH+]3CCOCC3)C2c2ccc(F)cc2)c1C. The van der Waals surface area contributed by atoms with Crippen LogP contribution in [0.1, 0.15) is 52.3 Å². The van der Waals surface area contributed by atoms with Crippen LogP contribution in [0.15, 0.2) is 29.8 Å². The summed E-state index contributed by atoms with van der Waals surface area (Å²) in [4.78, 5) is 44.5. The molecule has 1 unspecified atom stereocenters. The Morgan fingerprint density at radius 1 is 1.22 bits per heavy atom. The molecular weight excluding hydrogens is 481 g/mol. The van der Waals surface area contributed by atoms with Gasteiger partial charge in [-0.2, -0.15) is 0 Å². The lowest BCUT2D eigenvalue weighted by Gasteiger charge is -2.29. The number of hydrogen-bond acceptors (Lipinski definition) is 6. The summed E-state index contributed by atoms with van der Waals surface area (Å²) in [6, 6.07) is 4.51. The number of H-pyrrole nitrogens is 1. The third kappa shape index (κ3) is 5.30. The van der Waals surface area contributed by atoms with Crippen molar-refractivity contribution in [2.24, 2.45) is 0 Å². The summed E-state index contributed by atoms with van der Waals surface area (Å²) in [6.07, 6.45) is 0.628. The number of aryl methyl sites for hydroxylation is 1. The zero-order valence-corrected chi connectivity index (χ0v) is 21.3. The van der Waals surface area contributed by atoms with Crippen LogP contribution >= 0.6 is 0 Å². The fraction of sp³-hybridized carbons (Fsp3) is 0.444. The first-order chi connectivity index (χ1) is 17.7. The summed E-state index contributed by atoms with van der Waals surface area (Å²) in [5, 5.41) is 13.9. The van der Waals surface area contributed by atoms with Crippen molar-refractivity contribution in [3.05, 3.63) is 63.7 Å². The summed E-state index contributed by atoms with van der Waals surface area (Å²) in [6.45, 7) is 9.24. The summed E-state index contributed by atoms with van der Waals surface area (Å²) in [5.41, 5.74) is 1.30. The number of Topliss-reactive ketones (excluding diaryl/α,β-unsaturated/α-hetero) is 1. The number of carbonyl (C=O) groups is 3. The van der Waals surface area contributed by atoms with Gasteiger partial charge in [-0.3, -0.25) is 9.59 Å². The minimum atomic E-state index is -0.951. The molecule has 1 amide bonds. The molecule has 10 heteroatoms. The lowest BCUT2D eigenvalue weighted by atomic mass is 9.94. The maximum atomic E-state index is 13.9. The number of esters is 1. The molecule has 1 aromatic carbocycles. The molecule has 2 aromatic rings. The first-order valence-electron chi connectivity index (χ1n) is 12.5. The summed E-state index contributed by atoms with van der Waals surface area (Å²) < 4.78 is 24.2. The molecule has 37 heavy (non-hydrogen) atoms. The van der Waals surface area contributed by atoms with Gasteiger partial charge in [-0.15, -0.1) is 0 Å². The molecule has 2 N–H and O–H groups in total. The van der Waals surface area contributed by atoms with E-state index in [0.717, 1.165) is 19.6 Å². The second-order valence-corrected chi connectivity index (χ2v) is 9.34. The summed E-state index contributed by atoms with van der Waals surface area (Å²) >= 11 is 0. The van der Waals surface area contributed by atoms with Gasteiger partial charge in [0.05, 0.1) is 32.4 Å². The number of amides is 1. The molecule has 198 valence electrons. The zero-order chi connectivity index (χ0) is 26.7. The van der Waals surface area contributed by atoms with Crippen molar-refractivity contribution in [3.8, 4) is 0 Å². The molecule has 2 saturated heterocycles. The number of benzene rings is 1. The van der Waals surface area contributed by atoms with Crippen molar-refractivity contribution < 1.29 is 38.3 Å². The number of halogens is 1. The number of aromatic amines is 1. The van der Waals surface area contributed by atoms with Gasteiger partial charge in [0.15, 0.2) is 0 Å². The number of likely N-dealkylation sites (tertiary alicyclic amines) is 1. The highest BCUT2D eigenvalue weighted by atomic mass is 19.1. The molecule has 1 aromatic heterocycles. The average Bonchev–Trinajstić information content (AvgIpc) is 3.32. The van der Waals surface area contributed by atoms with E-state index < -0.39 is 35.3 Å². The largest absolute Gasteiger partial charge is 0.872 e. The molecule has 0 saturated carbocycles. The van der Waals surface area contributed by atoms with Gasteiger partial charge in [0.1, 0.15) is 24.6 Å². The van der Waals surface area contributed by atoms with Crippen LogP contribution in [0.3, 0.4) is 0 Å². The van der Waals surface area contributed by atoms with E-state index in [0.29, 0.717) is 36.5 Å². The van der Waals surface area contributed by atoms with Crippen LogP contribution in [0, 0.1) is 19.7 Å². The van der Waals surface area contributed by atoms with Crippen molar-refractivity contribution in [3.63, 3.8) is 0 Å². The first kappa shape index (κ1) is 26.6. The highest BCUT2D eigenvalue weighted by Gasteiger charge is 2.44. The van der Waals surface area contributed by atoms with E-state index in [-0.39, 0.29) is 30.0 Å². The number of nitrogens with zero attached hydrogens (tertiary/aromatic N) is 1. The van der Waals surface area contributed by atoms with E-state index in [4.69, 9.17) is 9.47 Å². The van der Waals surface area contributed by atoms with Gasteiger partial charge in [0.25, 0.3) is 5.91 Å². The standard InChI is InChI=1S/C27H32FN3O6/c1-4-37-27(35)22-16(2)20(17(3)29-22)24(32)21-23(18-6-8-19(28)9-7-18)31(26(34)25(21)33)11-5-10-30-12-14-36-15-13-30/h6-9,23,29,32H,4-5,10-15H2,1-3H3/b24-21+. The number of ketones is 1. The maximum Gasteiger partial charge on any atom is 0.355 e. The summed E-state index contributed by atoms with van der Waals surface area (Å²) in [5.74, 6) is -3.34. The molecule has 2 aliphatic heterocycles. The smallest absolute Gasteiger partial charge is 0.355 e. The predicted octanol–water partition coefficient (Wildman–Crippen LogP) is 0.477. The van der Waals surface area contributed by atoms with Crippen LogP contribution in [0.2, 0.25) is 0 Å². The number of quaternary nitrogens is 1. The van der Waals surface area contributed by atoms with Crippen molar-refractivity contribution >= 4 is 23.4 Å². The number of rotatable bonds is 8. The third-order valence-electron chi connectivity index (χ3n) is 6.99. The topological polar surface area (TPSA) is 116 Å². The molecular formula is C27H32FN3O6. The number of hydrogen-bond donors (Lipinski definition) is 2. The van der Waals surface area contributed by atoms with Gasteiger partial charge in [-0.05, 0) is 49.6 Å². The van der Waals surface area contributed by atoms with Gasteiger partial charge in [0.2, 0.25) is 5.78 Å². The van der Waals surface area contributed by atoms with Crippen molar-refractivity contribution in [2.75, 3.05) is 46.0 Å². The Labute approximate surface area is 214 Å². The number of morpholine rings is 1. The van der Waals surface area contributed by atoms with E-state index >= 15 is 0 Å². The van der Waals surface area contributed by atoms with Crippen molar-refractivity contribution in [2.45, 2.75) is 33.2 Å². The second kappa shape index (κ2) is 11.3. The Morgan fingerprint density at radius 2 is 1.89 bits per heavy atom. The maximum absolute atomic E-state index is 13.9. The van der Waals surface area contributed by atoms with Gasteiger partial charge < -0.3 is 29.4 Å². The van der Waals surface area contributed by atoms with E-state index in [1.165, 1.54) is 34.1 Å². The molecule has 0 aliphatic carbocycles. The molecule has 2 fully saturated rings. The Morgan fingerprint density at radius 3 is 2.54 bits per heavy atom. The average molecular weight is 514 g/mol. The van der Waals surface area contributed by atoms with E-state index in [2.05, 4.69) is 4.98 Å². The van der Waals surface area contributed by atoms with E-state index in [9.17, 15) is 23.9 Å². The van der Waals surface area contributed by atoms with Crippen LogP contribution in [-0.4, -0.2) is 73.5 Å². The third-order valence-corrected chi connectivity index (χ3v) is 6.99. The van der Waals surface area contributed by atoms with E-state index in [1.807, 2.05) is 0 Å². The minimum absolute atomic E-state index is 0.128. The molecule has 0 spiro atoms. The van der Waals surface area contributed by atoms with Crippen LogP contribution in [0.4, 0.5) is 4.39 Å². The number of aromatic nitrogens is 1. The quantitative estimate of drug-likeness (QED) is 0.230. The molecule has 9 nitrogen and oxygen atoms in total. The molecule has 0 bridgehead atoms. The predicted molar refractivity (Wildman–Crippen MR) is 130 cm³/mol. The summed E-state index contributed by atoms with van der Waals surface area (Å²) in [7, 11) is 0. The minimum Gasteiger partial charge on any atom is -0.872 e. The lowest BCUT2D eigenvalue weighted by molar-refractivity contribution is -0.908. The Kier molecular flexibility index (Phi) is 8.09. The van der Waals surface area contributed by atoms with Gasteiger partial charge in [0, 0.05) is 24.2 Å². The fourth-order valence-corrected chi connectivity index (χ4v) is 5.13. The lowest BCUT2D eigenvalue weighted by Crippen LogP contribution is -3.14. The van der Waals surface area contributed by atoms with E-state index in [1.54, 1.807) is 20.8 Å². The van der Waals surface area contributed by atoms with Crippen LogP contribution < -0.4 is 10.0 Å². The highest BCUT2D eigenvalue weighted by Crippen LogP contribution is 2.40. The van der Waals surface area contributed by atoms with Crippen LogP contribution in [0.5, 0.6) is 0 Å². The second-order valence-electron chi connectivity index (χ2n) is 9.34. The van der Waals surface area contributed by atoms with Crippen molar-refractivity contribution in [1.29, 1.82) is 0 Å². The first-order valence-corrected chi connectivity index (χ1v) is 12.5. The normalized spacial score (nSPS) is 20.0. The molecule has 3 heterocycles. The Balaban J connectivity index is 1.73. The molecule has 4 rings (SSSR count). The van der Waals surface area contributed by atoms with Gasteiger partial charge >= 0.3 is 5.97 Å². The fourth-order valence-electron chi connectivity index (χ4n) is 5.13. The van der Waals surface area contributed by atoms with Crippen LogP contribution in [-0.2, 0) is 19.1 Å². The monoisotopic (exact) mass is 513 g/mol. The van der Waals surface area contributed by atoms with Gasteiger partial charge in [-0.25, -0.2) is 9.18 Å².